The van der Waals surface area contributed by atoms with E-state index in [9.17, 15) is 18.8 Å². The number of amides is 2. The Hall–Kier alpha value is -2.78. The summed E-state index contributed by atoms with van der Waals surface area (Å²) in [5.74, 6) is -1.43. The number of nitrogens with zero attached hydrogens (tertiary/aromatic N) is 3. The molecule has 1 N–H and O–H groups in total. The van der Waals surface area contributed by atoms with Crippen LogP contribution >= 0.6 is 22.9 Å². The summed E-state index contributed by atoms with van der Waals surface area (Å²) in [6.45, 7) is 0.101. The van der Waals surface area contributed by atoms with Crippen molar-refractivity contribution in [1.29, 1.82) is 0 Å². The molecule has 1 aliphatic rings. The van der Waals surface area contributed by atoms with E-state index in [0.717, 1.165) is 0 Å². The number of hydrogen-bond donors (Lipinski definition) is 1. The summed E-state index contributed by atoms with van der Waals surface area (Å²) in [6.07, 6.45) is 1.70. The van der Waals surface area contributed by atoms with Crippen LogP contribution in [0.4, 0.5) is 10.1 Å². The lowest BCUT2D eigenvalue weighted by molar-refractivity contribution is -0.126. The van der Waals surface area contributed by atoms with Gasteiger partial charge in [0.15, 0.2) is 0 Å². The zero-order chi connectivity index (χ0) is 19.8. The van der Waals surface area contributed by atoms with Crippen molar-refractivity contribution in [2.24, 2.45) is 0 Å². The minimum Gasteiger partial charge on any atom is -0.343 e. The number of carbonyl (C=O) groups excluding carboxylic acids is 2. The molecule has 0 saturated carbocycles. The lowest BCUT2D eigenvalue weighted by Crippen LogP contribution is -2.43. The quantitative estimate of drug-likeness (QED) is 0.701. The third kappa shape index (κ3) is 3.38. The molecule has 1 aromatic carbocycles. The second-order valence-electron chi connectivity index (χ2n) is 6.31. The lowest BCUT2D eigenvalue weighted by atomic mass is 10.2. The van der Waals surface area contributed by atoms with Gasteiger partial charge < -0.3 is 10.2 Å². The smallest absolute Gasteiger partial charge is 0.262 e. The third-order valence-electron chi connectivity index (χ3n) is 4.52. The summed E-state index contributed by atoms with van der Waals surface area (Å²) in [5.41, 5.74) is 0.0735. The number of benzene rings is 1. The Balaban J connectivity index is 1.44. The second kappa shape index (κ2) is 7.33. The highest BCUT2D eigenvalue weighted by Gasteiger charge is 2.33. The van der Waals surface area contributed by atoms with Crippen LogP contribution < -0.4 is 15.8 Å². The lowest BCUT2D eigenvalue weighted by Gasteiger charge is -2.17. The molecule has 1 fully saturated rings. The minimum atomic E-state index is -0.736. The van der Waals surface area contributed by atoms with Crippen molar-refractivity contribution in [3.05, 3.63) is 57.2 Å². The molecule has 10 heteroatoms. The van der Waals surface area contributed by atoms with E-state index in [0.29, 0.717) is 28.9 Å². The van der Waals surface area contributed by atoms with E-state index in [1.165, 1.54) is 39.3 Å². The molecule has 28 heavy (non-hydrogen) atoms. The molecule has 1 aliphatic heterocycles. The Kier molecular flexibility index (Phi) is 4.86. The zero-order valence-corrected chi connectivity index (χ0v) is 16.0. The van der Waals surface area contributed by atoms with Crippen LogP contribution in [0.3, 0.4) is 0 Å². The number of halogens is 2. The molecule has 3 heterocycles. The van der Waals surface area contributed by atoms with Crippen LogP contribution in [0.2, 0.25) is 5.02 Å². The van der Waals surface area contributed by atoms with E-state index in [4.69, 9.17) is 11.6 Å². The van der Waals surface area contributed by atoms with E-state index < -0.39 is 17.8 Å². The van der Waals surface area contributed by atoms with E-state index in [1.54, 1.807) is 17.5 Å². The monoisotopic (exact) mass is 420 g/mol. The summed E-state index contributed by atoms with van der Waals surface area (Å²) in [7, 11) is 0. The van der Waals surface area contributed by atoms with E-state index >= 15 is 0 Å². The summed E-state index contributed by atoms with van der Waals surface area (Å²) >= 11 is 7.02. The average Bonchev–Trinajstić information content (AvgIpc) is 3.28. The van der Waals surface area contributed by atoms with Gasteiger partial charge in [-0.1, -0.05) is 11.6 Å². The fraction of sp³-hybridized carbons (Fsp3) is 0.222. The normalized spacial score (nSPS) is 16.7. The molecule has 1 atom stereocenters. The maximum Gasteiger partial charge on any atom is 0.262 e. The highest BCUT2D eigenvalue weighted by molar-refractivity contribution is 7.16. The van der Waals surface area contributed by atoms with Gasteiger partial charge in [-0.15, -0.1) is 11.3 Å². The summed E-state index contributed by atoms with van der Waals surface area (Å²) in [6, 6.07) is 5.04. The number of aromatic nitrogens is 2. The molecule has 0 spiro atoms. The number of hydrogen-bond acceptors (Lipinski definition) is 5. The first kappa shape index (κ1) is 18.6. The second-order valence-corrected chi connectivity index (χ2v) is 7.62. The SMILES string of the molecule is O=C(Cn1cnc2sccc2c1=O)NC1CCN(c2ccc(Cl)c(F)c2)C1=O. The van der Waals surface area contributed by atoms with Crippen molar-refractivity contribution in [2.75, 3.05) is 11.4 Å². The van der Waals surface area contributed by atoms with Crippen molar-refractivity contribution in [3.8, 4) is 0 Å². The van der Waals surface area contributed by atoms with Crippen molar-refractivity contribution < 1.29 is 14.0 Å². The van der Waals surface area contributed by atoms with Gasteiger partial charge in [0.2, 0.25) is 11.8 Å². The molecule has 1 saturated heterocycles. The molecule has 0 bridgehead atoms. The molecule has 4 rings (SSSR count). The first-order valence-corrected chi connectivity index (χ1v) is 9.68. The summed E-state index contributed by atoms with van der Waals surface area (Å²) in [5, 5.41) is 4.82. The maximum atomic E-state index is 13.7. The molecule has 0 radical (unpaired) electrons. The largest absolute Gasteiger partial charge is 0.343 e. The standard InChI is InChI=1S/C18H14ClFN4O3S/c19-12-2-1-10(7-13(12)20)24-5-3-14(18(24)27)22-15(25)8-23-9-21-16-11(17(23)26)4-6-28-16/h1-2,4,6-7,9,14H,3,5,8H2,(H,22,25). The van der Waals surface area contributed by atoms with Gasteiger partial charge in [-0.3, -0.25) is 19.0 Å². The third-order valence-corrected chi connectivity index (χ3v) is 5.65. The van der Waals surface area contributed by atoms with Gasteiger partial charge in [-0.25, -0.2) is 9.37 Å². The fourth-order valence-electron chi connectivity index (χ4n) is 3.12. The van der Waals surface area contributed by atoms with E-state index in [1.807, 2.05) is 0 Å². The predicted octanol–water partition coefficient (Wildman–Crippen LogP) is 2.17. The number of carbonyl (C=O) groups is 2. The van der Waals surface area contributed by atoms with Crippen LogP contribution in [0.1, 0.15) is 6.42 Å². The highest BCUT2D eigenvalue weighted by Crippen LogP contribution is 2.25. The average molecular weight is 421 g/mol. The first-order valence-electron chi connectivity index (χ1n) is 8.42. The summed E-state index contributed by atoms with van der Waals surface area (Å²) < 4.78 is 14.9. The Morgan fingerprint density at radius 2 is 2.18 bits per heavy atom. The van der Waals surface area contributed by atoms with Crippen molar-refractivity contribution in [3.63, 3.8) is 0 Å². The van der Waals surface area contributed by atoms with Crippen LogP contribution in [0.25, 0.3) is 10.2 Å². The number of anilines is 1. The Labute approximate surface area is 167 Å². The van der Waals surface area contributed by atoms with Crippen LogP contribution in [0.15, 0.2) is 40.8 Å². The van der Waals surface area contributed by atoms with Crippen molar-refractivity contribution >= 4 is 50.7 Å². The molecule has 2 amide bonds. The number of nitrogens with one attached hydrogen (secondary N) is 1. The van der Waals surface area contributed by atoms with Gasteiger partial charge in [0.05, 0.1) is 16.7 Å². The molecule has 3 aromatic rings. The van der Waals surface area contributed by atoms with Gasteiger partial charge in [0.25, 0.3) is 5.56 Å². The number of fused-ring (bicyclic) bond motifs is 1. The van der Waals surface area contributed by atoms with Gasteiger partial charge in [0, 0.05) is 12.2 Å². The maximum absolute atomic E-state index is 13.7. The van der Waals surface area contributed by atoms with Crippen molar-refractivity contribution in [2.45, 2.75) is 19.0 Å². The Morgan fingerprint density at radius 1 is 1.36 bits per heavy atom. The van der Waals surface area contributed by atoms with Crippen LogP contribution in [0.5, 0.6) is 0 Å². The van der Waals surface area contributed by atoms with Crippen molar-refractivity contribution in [1.82, 2.24) is 14.9 Å². The summed E-state index contributed by atoms with van der Waals surface area (Å²) in [4.78, 5) is 43.4. The van der Waals surface area contributed by atoms with E-state index in [-0.39, 0.29) is 23.0 Å². The molecule has 144 valence electrons. The van der Waals surface area contributed by atoms with Crippen LogP contribution in [0, 0.1) is 5.82 Å². The van der Waals surface area contributed by atoms with Gasteiger partial charge in [0.1, 0.15) is 23.2 Å². The minimum absolute atomic E-state index is 0.0260. The molecule has 1 unspecified atom stereocenters. The molecule has 7 nitrogen and oxygen atoms in total. The first-order chi connectivity index (χ1) is 13.4. The van der Waals surface area contributed by atoms with Crippen LogP contribution in [-0.2, 0) is 16.1 Å². The Morgan fingerprint density at radius 3 is 2.96 bits per heavy atom. The van der Waals surface area contributed by atoms with Crippen LogP contribution in [-0.4, -0.2) is 34.0 Å². The molecular formula is C18H14ClFN4O3S. The number of thiophene rings is 1. The topological polar surface area (TPSA) is 84.3 Å². The molecule has 0 aliphatic carbocycles. The number of rotatable bonds is 4. The fourth-order valence-corrected chi connectivity index (χ4v) is 3.96. The van der Waals surface area contributed by atoms with Gasteiger partial charge >= 0.3 is 0 Å². The van der Waals surface area contributed by atoms with Gasteiger partial charge in [-0.05, 0) is 36.1 Å². The Bertz CT molecular complexity index is 1150. The highest BCUT2D eigenvalue weighted by atomic mass is 35.5. The zero-order valence-electron chi connectivity index (χ0n) is 14.4. The molecular weight excluding hydrogens is 407 g/mol. The molecule has 2 aromatic heterocycles. The van der Waals surface area contributed by atoms with Gasteiger partial charge in [-0.2, -0.15) is 0 Å². The predicted molar refractivity (Wildman–Crippen MR) is 104 cm³/mol. The van der Waals surface area contributed by atoms with E-state index in [2.05, 4.69) is 10.3 Å².